The number of hydrogen-bond acceptors (Lipinski definition) is 6. The van der Waals surface area contributed by atoms with Crippen LogP contribution in [-0.2, 0) is 29.4 Å². The first-order valence-corrected chi connectivity index (χ1v) is 12.4. The number of halogens is 1. The molecule has 32 heavy (non-hydrogen) atoms. The van der Waals surface area contributed by atoms with Crippen molar-refractivity contribution in [3.63, 3.8) is 0 Å². The van der Waals surface area contributed by atoms with Gasteiger partial charge in [0.25, 0.3) is 0 Å². The molecule has 7 nitrogen and oxygen atoms in total. The fourth-order valence-corrected chi connectivity index (χ4v) is 5.85. The summed E-state index contributed by atoms with van der Waals surface area (Å²) >= 11 is 0. The van der Waals surface area contributed by atoms with Crippen molar-refractivity contribution in [1.82, 2.24) is 19.3 Å². The zero-order valence-electron chi connectivity index (χ0n) is 17.7. The van der Waals surface area contributed by atoms with Gasteiger partial charge in [0.1, 0.15) is 5.82 Å². The number of nitrogens with zero attached hydrogens (tertiary/aromatic N) is 4. The average molecular weight is 457 g/mol. The summed E-state index contributed by atoms with van der Waals surface area (Å²) in [7, 11) is -3.50. The maximum absolute atomic E-state index is 13.2. The summed E-state index contributed by atoms with van der Waals surface area (Å²) < 4.78 is 46.3. The van der Waals surface area contributed by atoms with Gasteiger partial charge in [0.15, 0.2) is 0 Å². The van der Waals surface area contributed by atoms with Crippen molar-refractivity contribution in [3.8, 4) is 11.4 Å². The van der Waals surface area contributed by atoms with Crippen LogP contribution >= 0.6 is 0 Å². The van der Waals surface area contributed by atoms with E-state index in [-0.39, 0.29) is 5.82 Å². The third-order valence-electron chi connectivity index (χ3n) is 6.22. The monoisotopic (exact) mass is 456 g/mol. The molecule has 2 aromatic carbocycles. The van der Waals surface area contributed by atoms with Crippen molar-refractivity contribution in [2.45, 2.75) is 37.1 Å². The maximum atomic E-state index is 13.2. The zero-order valence-corrected chi connectivity index (χ0v) is 18.5. The predicted molar refractivity (Wildman–Crippen MR) is 117 cm³/mol. The molecule has 0 atom stereocenters. The zero-order chi connectivity index (χ0) is 22.1. The van der Waals surface area contributed by atoms with E-state index >= 15 is 0 Å². The van der Waals surface area contributed by atoms with Gasteiger partial charge in [-0.3, -0.25) is 4.90 Å². The molecule has 3 aromatic rings. The van der Waals surface area contributed by atoms with E-state index in [1.807, 2.05) is 12.1 Å². The van der Waals surface area contributed by atoms with Crippen LogP contribution in [0.3, 0.4) is 0 Å². The number of piperazine rings is 1. The summed E-state index contributed by atoms with van der Waals surface area (Å²) in [4.78, 5) is 6.88. The van der Waals surface area contributed by atoms with Crippen molar-refractivity contribution in [3.05, 3.63) is 65.3 Å². The van der Waals surface area contributed by atoms with E-state index in [9.17, 15) is 12.8 Å². The molecule has 0 spiro atoms. The summed E-state index contributed by atoms with van der Waals surface area (Å²) in [6.07, 6.45) is 4.28. The summed E-state index contributed by atoms with van der Waals surface area (Å²) in [5, 5.41) is 3.97. The predicted octanol–water partition coefficient (Wildman–Crippen LogP) is 3.26. The summed E-state index contributed by atoms with van der Waals surface area (Å²) in [6, 6.07) is 11.5. The van der Waals surface area contributed by atoms with Crippen LogP contribution in [0.4, 0.5) is 4.39 Å². The van der Waals surface area contributed by atoms with Crippen LogP contribution < -0.4 is 0 Å². The Bertz CT molecular complexity index is 1200. The molecule has 5 rings (SSSR count). The van der Waals surface area contributed by atoms with E-state index in [0.29, 0.717) is 54.9 Å². The Hall–Kier alpha value is -2.62. The quantitative estimate of drug-likeness (QED) is 0.586. The van der Waals surface area contributed by atoms with Crippen LogP contribution in [0.15, 0.2) is 51.9 Å². The Balaban J connectivity index is 1.21. The first-order chi connectivity index (χ1) is 15.5. The van der Waals surface area contributed by atoms with Crippen LogP contribution in [0.1, 0.15) is 29.9 Å². The molecule has 0 N–H and O–H groups in total. The number of benzene rings is 2. The molecule has 2 aliphatic rings. The van der Waals surface area contributed by atoms with E-state index in [4.69, 9.17) is 4.52 Å². The molecule has 0 radical (unpaired) electrons. The van der Waals surface area contributed by atoms with E-state index in [2.05, 4.69) is 15.0 Å². The van der Waals surface area contributed by atoms with E-state index < -0.39 is 10.0 Å². The molecule has 1 aliphatic heterocycles. The van der Waals surface area contributed by atoms with Gasteiger partial charge in [-0.25, -0.2) is 12.8 Å². The maximum Gasteiger partial charge on any atom is 0.243 e. The van der Waals surface area contributed by atoms with Gasteiger partial charge < -0.3 is 4.52 Å². The lowest BCUT2D eigenvalue weighted by molar-refractivity contribution is 0.163. The van der Waals surface area contributed by atoms with Crippen molar-refractivity contribution < 1.29 is 17.3 Å². The van der Waals surface area contributed by atoms with Crippen LogP contribution in [0.25, 0.3) is 11.4 Å². The number of aryl methyl sites for hydroxylation is 2. The molecule has 1 aromatic heterocycles. The third-order valence-corrected chi connectivity index (χ3v) is 8.11. The van der Waals surface area contributed by atoms with Crippen molar-refractivity contribution in [2.75, 3.05) is 26.2 Å². The fourth-order valence-electron chi connectivity index (χ4n) is 4.37. The molecule has 9 heteroatoms. The minimum Gasteiger partial charge on any atom is -0.338 e. The Morgan fingerprint density at radius 2 is 1.66 bits per heavy atom. The van der Waals surface area contributed by atoms with Crippen LogP contribution in [-0.4, -0.2) is 53.9 Å². The molecule has 0 saturated carbocycles. The van der Waals surface area contributed by atoms with Gasteiger partial charge in [-0.05, 0) is 73.2 Å². The minimum absolute atomic E-state index is 0.319. The summed E-state index contributed by atoms with van der Waals surface area (Å²) in [6.45, 7) is 2.44. The van der Waals surface area contributed by atoms with Gasteiger partial charge >= 0.3 is 0 Å². The van der Waals surface area contributed by atoms with Crippen molar-refractivity contribution in [2.24, 2.45) is 0 Å². The minimum atomic E-state index is -3.50. The lowest BCUT2D eigenvalue weighted by Crippen LogP contribution is -2.48. The fraction of sp³-hybridized carbons (Fsp3) is 0.391. The standard InChI is InChI=1S/C23H25FN4O3S/c24-20-8-5-18(6-9-20)23-25-22(31-26-23)16-27-11-13-28(14-12-27)32(29,30)21-10-7-17-3-1-2-4-19(17)15-21/h5-10,15H,1-4,11-14,16H2. The highest BCUT2D eigenvalue weighted by Gasteiger charge is 2.29. The molecule has 1 fully saturated rings. The Morgan fingerprint density at radius 3 is 2.41 bits per heavy atom. The molecule has 1 aliphatic carbocycles. The molecular weight excluding hydrogens is 431 g/mol. The molecule has 2 heterocycles. The number of aromatic nitrogens is 2. The SMILES string of the molecule is O=S(=O)(c1ccc2c(c1)CCCC2)N1CCN(Cc2nc(-c3ccc(F)cc3)no2)CC1. The number of hydrogen-bond donors (Lipinski definition) is 0. The highest BCUT2D eigenvalue weighted by Crippen LogP contribution is 2.26. The topological polar surface area (TPSA) is 79.5 Å². The van der Waals surface area contributed by atoms with Crippen LogP contribution in [0, 0.1) is 5.82 Å². The lowest BCUT2D eigenvalue weighted by atomic mass is 9.92. The third kappa shape index (κ3) is 4.32. The molecule has 0 bridgehead atoms. The first-order valence-electron chi connectivity index (χ1n) is 10.9. The van der Waals surface area contributed by atoms with Crippen LogP contribution in [0.5, 0.6) is 0 Å². The molecule has 0 unspecified atom stereocenters. The average Bonchev–Trinajstić information content (AvgIpc) is 3.28. The van der Waals surface area contributed by atoms with Gasteiger partial charge in [0.2, 0.25) is 21.7 Å². The molecule has 1 saturated heterocycles. The number of sulfonamides is 1. The normalized spacial score (nSPS) is 17.9. The molecule has 0 amide bonds. The van der Waals surface area contributed by atoms with Crippen molar-refractivity contribution >= 4 is 10.0 Å². The van der Waals surface area contributed by atoms with Crippen LogP contribution in [0.2, 0.25) is 0 Å². The van der Waals surface area contributed by atoms with Gasteiger partial charge in [0.05, 0.1) is 11.4 Å². The summed E-state index contributed by atoms with van der Waals surface area (Å²) in [5.74, 6) is 0.546. The van der Waals surface area contributed by atoms with Gasteiger partial charge in [-0.2, -0.15) is 9.29 Å². The second-order valence-corrected chi connectivity index (χ2v) is 10.3. The van der Waals surface area contributed by atoms with E-state index in [1.54, 1.807) is 22.5 Å². The molecule has 168 valence electrons. The number of fused-ring (bicyclic) bond motifs is 1. The second kappa shape index (κ2) is 8.73. The smallest absolute Gasteiger partial charge is 0.243 e. The van der Waals surface area contributed by atoms with Crippen molar-refractivity contribution in [1.29, 1.82) is 0 Å². The highest BCUT2D eigenvalue weighted by molar-refractivity contribution is 7.89. The highest BCUT2D eigenvalue weighted by atomic mass is 32.2. The van der Waals surface area contributed by atoms with Gasteiger partial charge in [-0.1, -0.05) is 11.2 Å². The largest absolute Gasteiger partial charge is 0.338 e. The van der Waals surface area contributed by atoms with E-state index in [1.165, 1.54) is 29.7 Å². The number of rotatable bonds is 5. The first kappa shape index (κ1) is 21.2. The summed E-state index contributed by atoms with van der Waals surface area (Å²) in [5.41, 5.74) is 3.13. The molecular formula is C23H25FN4O3S. The second-order valence-electron chi connectivity index (χ2n) is 8.34. The lowest BCUT2D eigenvalue weighted by Gasteiger charge is -2.33. The van der Waals surface area contributed by atoms with Gasteiger partial charge in [0, 0.05) is 31.7 Å². The van der Waals surface area contributed by atoms with E-state index in [0.717, 1.165) is 19.3 Å². The van der Waals surface area contributed by atoms with Gasteiger partial charge in [-0.15, -0.1) is 0 Å². The Kier molecular flexibility index (Phi) is 5.79. The Labute approximate surface area is 186 Å². The Morgan fingerprint density at radius 1 is 0.938 bits per heavy atom.